The third-order valence-electron chi connectivity index (χ3n) is 5.94. The molecular formula is C26H35FN4O4S. The van der Waals surface area contributed by atoms with Gasteiger partial charge in [0.1, 0.15) is 17.1 Å². The molecule has 0 unspecified atom stereocenters. The highest BCUT2D eigenvalue weighted by Crippen LogP contribution is 2.42. The number of halogens is 1. The van der Waals surface area contributed by atoms with Crippen molar-refractivity contribution < 1.29 is 24.5 Å². The minimum Gasteiger partial charge on any atom is -0.511 e. The van der Waals surface area contributed by atoms with E-state index in [1.54, 1.807) is 29.2 Å². The second kappa shape index (κ2) is 13.9. The van der Waals surface area contributed by atoms with Gasteiger partial charge in [0.05, 0.1) is 10.6 Å². The second-order valence-corrected chi connectivity index (χ2v) is 8.66. The largest absolute Gasteiger partial charge is 0.511 e. The molecule has 2 aromatic carbocycles. The van der Waals surface area contributed by atoms with Crippen LogP contribution in [0.15, 0.2) is 63.7 Å². The van der Waals surface area contributed by atoms with Crippen LogP contribution in [-0.4, -0.2) is 52.2 Å². The number of rotatable bonds is 3. The van der Waals surface area contributed by atoms with Gasteiger partial charge in [0.25, 0.3) is 5.91 Å². The summed E-state index contributed by atoms with van der Waals surface area (Å²) < 4.78 is 16.4. The van der Waals surface area contributed by atoms with Gasteiger partial charge in [0.2, 0.25) is 0 Å². The molecule has 0 radical (unpaired) electrons. The fraction of sp³-hybridized carbons (Fsp3) is 0.385. The first-order valence-electron chi connectivity index (χ1n) is 11.8. The number of aliphatic imine (C=N–C) groups is 1. The highest BCUT2D eigenvalue weighted by molar-refractivity contribution is 7.98. The van der Waals surface area contributed by atoms with Crippen molar-refractivity contribution in [3.63, 3.8) is 0 Å². The van der Waals surface area contributed by atoms with Crippen LogP contribution in [-0.2, 0) is 11.3 Å². The maximum atomic E-state index is 13.5. The maximum Gasteiger partial charge on any atom is 0.261 e. The van der Waals surface area contributed by atoms with Crippen LogP contribution in [0.1, 0.15) is 38.7 Å². The first-order chi connectivity index (χ1) is 17.5. The zero-order chi connectivity index (χ0) is 26.8. The van der Waals surface area contributed by atoms with Crippen molar-refractivity contribution in [2.45, 2.75) is 50.6 Å². The molecular weight excluding hydrogens is 483 g/mol. The van der Waals surface area contributed by atoms with E-state index >= 15 is 0 Å². The van der Waals surface area contributed by atoms with Crippen molar-refractivity contribution in [3.8, 4) is 0 Å². The topological polar surface area (TPSA) is 131 Å². The van der Waals surface area contributed by atoms with Crippen LogP contribution in [0.25, 0.3) is 0 Å². The van der Waals surface area contributed by atoms with Crippen LogP contribution < -0.4 is 10.5 Å². The Morgan fingerprint density at radius 3 is 2.44 bits per heavy atom. The molecule has 1 saturated carbocycles. The lowest BCUT2D eigenvalue weighted by Gasteiger charge is -2.38. The van der Waals surface area contributed by atoms with Crippen LogP contribution in [0.3, 0.4) is 0 Å². The summed E-state index contributed by atoms with van der Waals surface area (Å²) in [6, 6.07) is 11.5. The minimum absolute atomic E-state index is 0.0600. The van der Waals surface area contributed by atoms with E-state index in [0.29, 0.717) is 23.8 Å². The summed E-state index contributed by atoms with van der Waals surface area (Å²) in [5.74, 6) is -0.207. The third-order valence-corrected chi connectivity index (χ3v) is 6.78. The molecule has 0 spiro atoms. The van der Waals surface area contributed by atoms with E-state index in [-0.39, 0.29) is 35.0 Å². The highest BCUT2D eigenvalue weighted by atomic mass is 32.2. The number of amidine groups is 1. The molecule has 0 bridgehead atoms. The summed E-state index contributed by atoms with van der Waals surface area (Å²) in [6.45, 7) is 4.37. The average Bonchev–Trinajstić information content (AvgIpc) is 3.42. The van der Waals surface area contributed by atoms with Crippen LogP contribution in [0.5, 0.6) is 0 Å². The SMILES string of the molecule is CC.CO.CO.Nc1ccc2c(c1)SNC(C1=C(O)[C@@H]3CCC[C@@H]3N(Cc3ccc(F)cc3)C1=O)=N2. The Morgan fingerprint density at radius 1 is 1.11 bits per heavy atom. The molecule has 2 aromatic rings. The lowest BCUT2D eigenvalue weighted by atomic mass is 9.90. The molecule has 36 heavy (non-hydrogen) atoms. The zero-order valence-electron chi connectivity index (χ0n) is 21.0. The lowest BCUT2D eigenvalue weighted by Crippen LogP contribution is -2.49. The normalized spacial score (nSPS) is 19.7. The smallest absolute Gasteiger partial charge is 0.261 e. The van der Waals surface area contributed by atoms with E-state index in [2.05, 4.69) is 9.71 Å². The summed E-state index contributed by atoms with van der Waals surface area (Å²) in [4.78, 5) is 20.8. The number of nitrogens with two attached hydrogens (primary N) is 1. The highest BCUT2D eigenvalue weighted by Gasteiger charge is 2.45. The molecule has 0 saturated heterocycles. The van der Waals surface area contributed by atoms with E-state index in [1.807, 2.05) is 19.9 Å². The van der Waals surface area contributed by atoms with Crippen LogP contribution >= 0.6 is 11.9 Å². The Balaban J connectivity index is 0.000000710. The molecule has 2 heterocycles. The Bertz CT molecular complexity index is 1090. The summed E-state index contributed by atoms with van der Waals surface area (Å²) in [5.41, 5.74) is 8.25. The molecule has 196 valence electrons. The van der Waals surface area contributed by atoms with Gasteiger partial charge in [-0.2, -0.15) is 0 Å². The van der Waals surface area contributed by atoms with Crippen molar-refractivity contribution in [1.29, 1.82) is 0 Å². The van der Waals surface area contributed by atoms with Gasteiger partial charge in [-0.3, -0.25) is 4.79 Å². The Hall–Kier alpha value is -3.08. The third kappa shape index (κ3) is 6.18. The molecule has 3 aliphatic rings. The Kier molecular flexibility index (Phi) is 11.2. The van der Waals surface area contributed by atoms with Gasteiger partial charge in [-0.25, -0.2) is 9.38 Å². The summed E-state index contributed by atoms with van der Waals surface area (Å²) in [5, 5.41) is 25.0. The Labute approximate surface area is 215 Å². The van der Waals surface area contributed by atoms with Crippen LogP contribution in [0.4, 0.5) is 15.8 Å². The first kappa shape index (κ1) is 29.2. The minimum atomic E-state index is -0.308. The van der Waals surface area contributed by atoms with Crippen molar-refractivity contribution in [2.24, 2.45) is 10.9 Å². The number of nitrogen functional groups attached to an aromatic ring is 1. The number of nitrogens with one attached hydrogen (secondary N) is 1. The molecule has 2 aliphatic heterocycles. The fourth-order valence-corrected chi connectivity index (χ4v) is 5.25. The molecule has 8 nitrogen and oxygen atoms in total. The van der Waals surface area contributed by atoms with Gasteiger partial charge >= 0.3 is 0 Å². The lowest BCUT2D eigenvalue weighted by molar-refractivity contribution is -0.132. The molecule has 5 rings (SSSR count). The first-order valence-corrected chi connectivity index (χ1v) is 12.6. The monoisotopic (exact) mass is 518 g/mol. The number of anilines is 1. The average molecular weight is 519 g/mol. The number of aliphatic hydroxyl groups excluding tert-OH is 3. The predicted molar refractivity (Wildman–Crippen MR) is 142 cm³/mol. The van der Waals surface area contributed by atoms with Crippen LogP contribution in [0, 0.1) is 11.7 Å². The summed E-state index contributed by atoms with van der Waals surface area (Å²) >= 11 is 1.32. The van der Waals surface area contributed by atoms with Crippen molar-refractivity contribution in [3.05, 3.63) is 65.2 Å². The number of amides is 1. The van der Waals surface area contributed by atoms with E-state index in [0.717, 1.165) is 43.9 Å². The number of benzene rings is 2. The van der Waals surface area contributed by atoms with Crippen molar-refractivity contribution in [2.75, 3.05) is 20.0 Å². The van der Waals surface area contributed by atoms with Gasteiger partial charge in [-0.15, -0.1) is 0 Å². The molecule has 0 aromatic heterocycles. The van der Waals surface area contributed by atoms with Gasteiger partial charge in [0.15, 0.2) is 5.84 Å². The van der Waals surface area contributed by atoms with E-state index in [9.17, 15) is 14.3 Å². The van der Waals surface area contributed by atoms with E-state index < -0.39 is 0 Å². The molecule has 1 aliphatic carbocycles. The van der Waals surface area contributed by atoms with Gasteiger partial charge in [0, 0.05) is 38.4 Å². The van der Waals surface area contributed by atoms with Crippen LogP contribution in [0.2, 0.25) is 0 Å². The van der Waals surface area contributed by atoms with E-state index in [4.69, 9.17) is 15.9 Å². The molecule has 1 amide bonds. The Morgan fingerprint density at radius 2 is 1.78 bits per heavy atom. The van der Waals surface area contributed by atoms with Crippen molar-refractivity contribution >= 4 is 35.1 Å². The standard InChI is InChI=1S/C22H21FN4O2S.C2H6.2CH4O/c23-13-6-4-12(5-7-13)11-27-17-3-1-2-15(17)20(28)19(22(27)29)21-25-16-9-8-14(24)10-18(16)30-26-21;3*1-2/h4-10,15,17,28H,1-3,11,24H2,(H,25,26);1-2H3;2*2H,1H3/t15-,17+;;;/m1.../s1. The number of carbonyl (C=O) groups is 1. The summed E-state index contributed by atoms with van der Waals surface area (Å²) in [7, 11) is 2.00. The van der Waals surface area contributed by atoms with Gasteiger partial charge in [-0.1, -0.05) is 32.4 Å². The quantitative estimate of drug-likeness (QED) is 0.302. The van der Waals surface area contributed by atoms with Crippen molar-refractivity contribution in [1.82, 2.24) is 9.62 Å². The zero-order valence-corrected chi connectivity index (χ0v) is 21.8. The molecule has 10 heteroatoms. The van der Waals surface area contributed by atoms with Gasteiger partial charge < -0.3 is 30.7 Å². The number of hydrogen-bond acceptors (Lipinski definition) is 8. The molecule has 2 atom stereocenters. The number of carbonyl (C=O) groups excluding carboxylic acids is 1. The predicted octanol–water partition coefficient (Wildman–Crippen LogP) is 4.31. The number of nitrogens with zero attached hydrogens (tertiary/aromatic N) is 2. The van der Waals surface area contributed by atoms with Gasteiger partial charge in [-0.05, 0) is 60.7 Å². The fourth-order valence-electron chi connectivity index (χ4n) is 4.48. The maximum absolute atomic E-state index is 13.5. The van der Waals surface area contributed by atoms with E-state index in [1.165, 1.54) is 24.1 Å². The number of aliphatic hydroxyl groups is 3. The molecule has 1 fully saturated rings. The summed E-state index contributed by atoms with van der Waals surface area (Å²) in [6.07, 6.45) is 2.60. The molecule has 6 N–H and O–H groups in total. The second-order valence-electron chi connectivity index (χ2n) is 7.82. The number of hydrogen-bond donors (Lipinski definition) is 5. The number of fused-ring (bicyclic) bond motifs is 2.